The number of benzene rings is 1. The van der Waals surface area contributed by atoms with Gasteiger partial charge >= 0.3 is 0 Å². The molecule has 1 heterocycles. The maximum absolute atomic E-state index is 5.50. The molecule has 104 valence electrons. The van der Waals surface area contributed by atoms with Gasteiger partial charge in [0.2, 0.25) is 6.79 Å². The van der Waals surface area contributed by atoms with Crippen molar-refractivity contribution in [1.29, 1.82) is 0 Å². The largest absolute Gasteiger partial charge is 0.454 e. The zero-order chi connectivity index (χ0) is 13.2. The van der Waals surface area contributed by atoms with Crippen LogP contribution in [0.3, 0.4) is 0 Å². The Morgan fingerprint density at radius 2 is 2.11 bits per heavy atom. The molecule has 2 atom stereocenters. The molecule has 0 saturated heterocycles. The fourth-order valence-corrected chi connectivity index (χ4v) is 3.24. The smallest absolute Gasteiger partial charge is 0.231 e. The lowest BCUT2D eigenvalue weighted by atomic mass is 10.1. The highest BCUT2D eigenvalue weighted by Crippen LogP contribution is 2.37. The molecule has 2 unspecified atom stereocenters. The average Bonchev–Trinajstić information content (AvgIpc) is 3.03. The van der Waals surface area contributed by atoms with Crippen LogP contribution in [-0.4, -0.2) is 26.0 Å². The number of ether oxygens (including phenoxy) is 3. The highest BCUT2D eigenvalue weighted by molar-refractivity contribution is 9.10. The van der Waals surface area contributed by atoms with E-state index in [0.29, 0.717) is 18.9 Å². The first-order valence-electron chi connectivity index (χ1n) is 6.62. The molecule has 4 nitrogen and oxygen atoms in total. The summed E-state index contributed by atoms with van der Waals surface area (Å²) in [7, 11) is 1.79. The van der Waals surface area contributed by atoms with Gasteiger partial charge in [-0.2, -0.15) is 0 Å². The van der Waals surface area contributed by atoms with Crippen molar-refractivity contribution in [3.8, 4) is 11.5 Å². The number of halogens is 1. The summed E-state index contributed by atoms with van der Waals surface area (Å²) in [6.45, 7) is 1.12. The number of fused-ring (bicyclic) bond motifs is 1. The highest BCUT2D eigenvalue weighted by atomic mass is 79.9. The van der Waals surface area contributed by atoms with Crippen LogP contribution in [0.1, 0.15) is 24.8 Å². The third kappa shape index (κ3) is 2.73. The van der Waals surface area contributed by atoms with Crippen LogP contribution in [0.25, 0.3) is 0 Å². The Labute approximate surface area is 121 Å². The Kier molecular flexibility index (Phi) is 3.96. The topological polar surface area (TPSA) is 39.7 Å². The van der Waals surface area contributed by atoms with E-state index in [0.717, 1.165) is 28.9 Å². The van der Waals surface area contributed by atoms with Gasteiger partial charge in [-0.25, -0.2) is 0 Å². The third-order valence-corrected chi connectivity index (χ3v) is 4.59. The summed E-state index contributed by atoms with van der Waals surface area (Å²) in [5.74, 6) is 1.64. The molecule has 1 N–H and O–H groups in total. The normalized spacial score (nSPS) is 24.9. The molecule has 1 aliphatic carbocycles. The van der Waals surface area contributed by atoms with Gasteiger partial charge in [-0.3, -0.25) is 0 Å². The predicted molar refractivity (Wildman–Crippen MR) is 75.5 cm³/mol. The molecule has 1 aliphatic heterocycles. The van der Waals surface area contributed by atoms with Crippen molar-refractivity contribution in [2.75, 3.05) is 13.9 Å². The fraction of sp³-hybridized carbons (Fsp3) is 0.571. The van der Waals surface area contributed by atoms with Crippen molar-refractivity contribution >= 4 is 15.9 Å². The van der Waals surface area contributed by atoms with E-state index in [1.807, 2.05) is 12.1 Å². The molecule has 1 fully saturated rings. The standard InChI is InChI=1S/C14H18BrNO3/c1-17-12-4-2-3-11(12)16-7-9-5-13-14(6-10(9)15)19-8-18-13/h5-6,11-12,16H,2-4,7-8H2,1H3. The van der Waals surface area contributed by atoms with Crippen molar-refractivity contribution < 1.29 is 14.2 Å². The minimum atomic E-state index is 0.313. The van der Waals surface area contributed by atoms with Gasteiger partial charge in [0.25, 0.3) is 0 Å². The second kappa shape index (κ2) is 5.69. The Morgan fingerprint density at radius 1 is 1.32 bits per heavy atom. The molecule has 1 aromatic carbocycles. The zero-order valence-corrected chi connectivity index (χ0v) is 12.5. The van der Waals surface area contributed by atoms with Crippen LogP contribution in [0.2, 0.25) is 0 Å². The Balaban J connectivity index is 1.67. The molecule has 0 spiro atoms. The second-order valence-corrected chi connectivity index (χ2v) is 5.84. The molecule has 1 saturated carbocycles. The van der Waals surface area contributed by atoms with E-state index in [-0.39, 0.29) is 0 Å². The van der Waals surface area contributed by atoms with Crippen molar-refractivity contribution in [3.63, 3.8) is 0 Å². The molecule has 1 aromatic rings. The number of hydrogen-bond donors (Lipinski definition) is 1. The first kappa shape index (κ1) is 13.2. The van der Waals surface area contributed by atoms with Gasteiger partial charge < -0.3 is 19.5 Å². The van der Waals surface area contributed by atoms with Gasteiger partial charge in [0.1, 0.15) is 0 Å². The summed E-state index contributed by atoms with van der Waals surface area (Å²) in [6, 6.07) is 4.46. The van der Waals surface area contributed by atoms with Crippen LogP contribution in [0.5, 0.6) is 11.5 Å². The van der Waals surface area contributed by atoms with Crippen molar-refractivity contribution in [2.24, 2.45) is 0 Å². The lowest BCUT2D eigenvalue weighted by Gasteiger charge is -2.20. The molecule has 0 aromatic heterocycles. The maximum atomic E-state index is 5.50. The van der Waals surface area contributed by atoms with Crippen LogP contribution in [0.15, 0.2) is 16.6 Å². The molecule has 0 bridgehead atoms. The maximum Gasteiger partial charge on any atom is 0.231 e. The van der Waals surface area contributed by atoms with Crippen LogP contribution in [0.4, 0.5) is 0 Å². The van der Waals surface area contributed by atoms with Crippen molar-refractivity contribution in [2.45, 2.75) is 38.0 Å². The minimum Gasteiger partial charge on any atom is -0.454 e. The summed E-state index contributed by atoms with van der Waals surface area (Å²) < 4.78 is 17.3. The van der Waals surface area contributed by atoms with Gasteiger partial charge in [0, 0.05) is 24.2 Å². The molecular formula is C14H18BrNO3. The highest BCUT2D eigenvalue weighted by Gasteiger charge is 2.26. The van der Waals surface area contributed by atoms with Crippen LogP contribution >= 0.6 is 15.9 Å². The molecule has 0 radical (unpaired) electrons. The van der Waals surface area contributed by atoms with E-state index in [2.05, 4.69) is 21.2 Å². The van der Waals surface area contributed by atoms with Crippen LogP contribution in [0, 0.1) is 0 Å². The van der Waals surface area contributed by atoms with E-state index in [9.17, 15) is 0 Å². The summed E-state index contributed by atoms with van der Waals surface area (Å²) in [4.78, 5) is 0. The summed E-state index contributed by atoms with van der Waals surface area (Å²) in [5.41, 5.74) is 1.19. The van der Waals surface area contributed by atoms with E-state index in [1.165, 1.54) is 18.4 Å². The second-order valence-electron chi connectivity index (χ2n) is 4.99. The lowest BCUT2D eigenvalue weighted by molar-refractivity contribution is 0.0847. The van der Waals surface area contributed by atoms with Crippen LogP contribution in [-0.2, 0) is 11.3 Å². The SMILES string of the molecule is COC1CCCC1NCc1cc2c(cc1Br)OCO2. The number of hydrogen-bond acceptors (Lipinski definition) is 4. The minimum absolute atomic E-state index is 0.313. The first-order valence-corrected chi connectivity index (χ1v) is 7.41. The van der Waals surface area contributed by atoms with Crippen LogP contribution < -0.4 is 14.8 Å². The van der Waals surface area contributed by atoms with Gasteiger partial charge in [0.15, 0.2) is 11.5 Å². The number of rotatable bonds is 4. The van der Waals surface area contributed by atoms with Crippen molar-refractivity contribution in [3.05, 3.63) is 22.2 Å². The molecule has 19 heavy (non-hydrogen) atoms. The first-order chi connectivity index (χ1) is 9.28. The summed E-state index contributed by atoms with van der Waals surface area (Å²) >= 11 is 3.58. The van der Waals surface area contributed by atoms with Crippen molar-refractivity contribution in [1.82, 2.24) is 5.32 Å². The third-order valence-electron chi connectivity index (χ3n) is 3.85. The summed E-state index contributed by atoms with van der Waals surface area (Å²) in [5, 5.41) is 3.58. The van der Waals surface area contributed by atoms with E-state index in [1.54, 1.807) is 7.11 Å². The Morgan fingerprint density at radius 3 is 2.89 bits per heavy atom. The van der Waals surface area contributed by atoms with E-state index < -0.39 is 0 Å². The average molecular weight is 328 g/mol. The van der Waals surface area contributed by atoms with Gasteiger partial charge in [-0.05, 0) is 37.0 Å². The van der Waals surface area contributed by atoms with E-state index in [4.69, 9.17) is 14.2 Å². The summed E-state index contributed by atoms with van der Waals surface area (Å²) in [6.07, 6.45) is 3.91. The Hall–Kier alpha value is -0.780. The Bertz CT molecular complexity index is 466. The molecule has 5 heteroatoms. The molecule has 2 aliphatic rings. The number of methoxy groups -OCH3 is 1. The molecule has 3 rings (SSSR count). The molecular weight excluding hydrogens is 310 g/mol. The number of nitrogens with one attached hydrogen (secondary N) is 1. The predicted octanol–water partition coefficient (Wildman–Crippen LogP) is 2.83. The van der Waals surface area contributed by atoms with E-state index >= 15 is 0 Å². The monoisotopic (exact) mass is 327 g/mol. The molecule has 0 amide bonds. The van der Waals surface area contributed by atoms with Gasteiger partial charge in [0.05, 0.1) is 6.10 Å². The van der Waals surface area contributed by atoms with Gasteiger partial charge in [-0.15, -0.1) is 0 Å². The van der Waals surface area contributed by atoms with Gasteiger partial charge in [-0.1, -0.05) is 15.9 Å². The fourth-order valence-electron chi connectivity index (χ4n) is 2.78. The quantitative estimate of drug-likeness (QED) is 0.923. The lowest BCUT2D eigenvalue weighted by Crippen LogP contribution is -2.36. The zero-order valence-electron chi connectivity index (χ0n) is 10.9.